The molecular formula is C19H32N6O4. The van der Waals surface area contributed by atoms with Crippen LogP contribution in [0.4, 0.5) is 11.4 Å². The van der Waals surface area contributed by atoms with Crippen molar-refractivity contribution in [3.05, 3.63) is 34.4 Å². The van der Waals surface area contributed by atoms with Gasteiger partial charge in [0.25, 0.3) is 5.69 Å². The Morgan fingerprint density at radius 3 is 2.72 bits per heavy atom. The summed E-state index contributed by atoms with van der Waals surface area (Å²) in [6.07, 6.45) is 0. The highest BCUT2D eigenvalue weighted by molar-refractivity contribution is 5.79. The van der Waals surface area contributed by atoms with E-state index in [0.717, 1.165) is 13.1 Å². The van der Waals surface area contributed by atoms with Crippen LogP contribution < -0.4 is 16.0 Å². The molecule has 1 unspecified atom stereocenters. The summed E-state index contributed by atoms with van der Waals surface area (Å²) in [7, 11) is 0. The van der Waals surface area contributed by atoms with Gasteiger partial charge in [0, 0.05) is 45.3 Å². The average Bonchev–Trinajstić information content (AvgIpc) is 2.70. The van der Waals surface area contributed by atoms with E-state index < -0.39 is 10.5 Å². The number of nitro groups is 1. The molecule has 1 aromatic rings. The lowest BCUT2D eigenvalue weighted by Crippen LogP contribution is -2.48. The van der Waals surface area contributed by atoms with Gasteiger partial charge in [0.15, 0.2) is 5.96 Å². The molecule has 1 atom stereocenters. The summed E-state index contributed by atoms with van der Waals surface area (Å²) in [5.41, 5.74) is -0.412. The molecule has 10 heteroatoms. The zero-order valence-corrected chi connectivity index (χ0v) is 17.2. The van der Waals surface area contributed by atoms with E-state index in [1.807, 2.05) is 6.92 Å². The van der Waals surface area contributed by atoms with Gasteiger partial charge in [-0.3, -0.25) is 20.0 Å². The second-order valence-electron chi connectivity index (χ2n) is 7.21. The van der Waals surface area contributed by atoms with Gasteiger partial charge in [-0.2, -0.15) is 0 Å². The molecule has 2 rings (SSSR count). The number of guanidine groups is 1. The van der Waals surface area contributed by atoms with E-state index >= 15 is 0 Å². The third-order valence-corrected chi connectivity index (χ3v) is 4.42. The normalized spacial score (nSPS) is 17.4. The van der Waals surface area contributed by atoms with Crippen LogP contribution >= 0.6 is 0 Å². The van der Waals surface area contributed by atoms with Crippen LogP contribution in [0.15, 0.2) is 29.3 Å². The number of rotatable bonds is 10. The van der Waals surface area contributed by atoms with Gasteiger partial charge < -0.3 is 25.8 Å². The quantitative estimate of drug-likeness (QED) is 0.146. The number of aliphatic imine (C=N–C) groups is 1. The number of hydrogen-bond acceptors (Lipinski definition) is 7. The second-order valence-corrected chi connectivity index (χ2v) is 7.21. The molecule has 0 radical (unpaired) electrons. The SMILES string of the molecule is CCNC(=NCC(C)(O)CN1CCOCC1)NCCNc1ccccc1[N+](=O)[O-]. The van der Waals surface area contributed by atoms with Gasteiger partial charge in [0.1, 0.15) is 5.69 Å². The van der Waals surface area contributed by atoms with Crippen LogP contribution in [0, 0.1) is 10.1 Å². The smallest absolute Gasteiger partial charge is 0.292 e. The van der Waals surface area contributed by atoms with Crippen LogP contribution in [0.5, 0.6) is 0 Å². The van der Waals surface area contributed by atoms with E-state index in [1.165, 1.54) is 6.07 Å². The lowest BCUT2D eigenvalue weighted by atomic mass is 10.1. The topological polar surface area (TPSA) is 124 Å². The molecule has 1 aliphatic rings. The van der Waals surface area contributed by atoms with Gasteiger partial charge in [0.2, 0.25) is 0 Å². The summed E-state index contributed by atoms with van der Waals surface area (Å²) in [6, 6.07) is 6.54. The fraction of sp³-hybridized carbons (Fsp3) is 0.632. The number of anilines is 1. The van der Waals surface area contributed by atoms with Crippen LogP contribution in [0.2, 0.25) is 0 Å². The molecule has 1 fully saturated rings. The zero-order valence-electron chi connectivity index (χ0n) is 17.2. The molecule has 1 aromatic carbocycles. The number of nitrogens with zero attached hydrogens (tertiary/aromatic N) is 3. The van der Waals surface area contributed by atoms with Gasteiger partial charge in [-0.15, -0.1) is 0 Å². The average molecular weight is 409 g/mol. The lowest BCUT2D eigenvalue weighted by Gasteiger charge is -2.33. The van der Waals surface area contributed by atoms with Crippen LogP contribution in [-0.2, 0) is 4.74 Å². The molecule has 10 nitrogen and oxygen atoms in total. The number of aliphatic hydroxyl groups is 1. The minimum atomic E-state index is -0.942. The monoisotopic (exact) mass is 408 g/mol. The van der Waals surface area contributed by atoms with Crippen molar-refractivity contribution >= 4 is 17.3 Å². The Balaban J connectivity index is 1.81. The summed E-state index contributed by atoms with van der Waals surface area (Å²) in [5, 5.41) is 31.1. The van der Waals surface area contributed by atoms with Gasteiger partial charge in [0.05, 0.1) is 30.3 Å². The Morgan fingerprint density at radius 1 is 1.31 bits per heavy atom. The number of para-hydroxylation sites is 2. The third kappa shape index (κ3) is 8.22. The minimum absolute atomic E-state index is 0.0484. The van der Waals surface area contributed by atoms with Crippen molar-refractivity contribution in [1.29, 1.82) is 0 Å². The second kappa shape index (κ2) is 11.5. The first kappa shape index (κ1) is 22.9. The summed E-state index contributed by atoms with van der Waals surface area (Å²) in [6.45, 7) is 9.26. The molecule has 0 aromatic heterocycles. The minimum Gasteiger partial charge on any atom is -0.387 e. The number of hydrogen-bond donors (Lipinski definition) is 4. The van der Waals surface area contributed by atoms with Gasteiger partial charge in [-0.25, -0.2) is 0 Å². The number of ether oxygens (including phenoxy) is 1. The lowest BCUT2D eigenvalue weighted by molar-refractivity contribution is -0.384. The number of nitrogens with one attached hydrogen (secondary N) is 3. The van der Waals surface area contributed by atoms with Crippen LogP contribution in [0.3, 0.4) is 0 Å². The molecule has 0 aliphatic carbocycles. The van der Waals surface area contributed by atoms with Crippen LogP contribution in [-0.4, -0.2) is 85.5 Å². The van der Waals surface area contributed by atoms with E-state index in [1.54, 1.807) is 25.1 Å². The highest BCUT2D eigenvalue weighted by atomic mass is 16.6. The van der Waals surface area contributed by atoms with E-state index in [-0.39, 0.29) is 12.2 Å². The standard InChI is InChI=1S/C19H32N6O4/c1-3-20-18(23-14-19(2,26)15-24-10-12-29-13-11-24)22-9-8-21-16-6-4-5-7-17(16)25(27)28/h4-7,21,26H,3,8-15H2,1-2H3,(H2,20,22,23). The van der Waals surface area contributed by atoms with E-state index in [4.69, 9.17) is 4.74 Å². The molecule has 0 bridgehead atoms. The Hall–Kier alpha value is -2.43. The van der Waals surface area contributed by atoms with E-state index in [9.17, 15) is 15.2 Å². The van der Waals surface area contributed by atoms with Crippen molar-refractivity contribution in [1.82, 2.24) is 15.5 Å². The molecule has 162 valence electrons. The Bertz CT molecular complexity index is 676. The summed E-state index contributed by atoms with van der Waals surface area (Å²) >= 11 is 0. The number of β-amino-alcohol motifs (C(OH)–C–C–N with tert-alkyl or cyclic N) is 1. The van der Waals surface area contributed by atoms with E-state index in [0.29, 0.717) is 51.0 Å². The number of benzene rings is 1. The fourth-order valence-electron chi connectivity index (χ4n) is 3.04. The van der Waals surface area contributed by atoms with Gasteiger partial charge in [-0.1, -0.05) is 12.1 Å². The van der Waals surface area contributed by atoms with Crippen molar-refractivity contribution in [3.8, 4) is 0 Å². The molecule has 29 heavy (non-hydrogen) atoms. The van der Waals surface area contributed by atoms with Crippen LogP contribution in [0.25, 0.3) is 0 Å². The number of nitro benzene ring substituents is 1. The highest BCUT2D eigenvalue weighted by Crippen LogP contribution is 2.22. The molecule has 1 heterocycles. The molecule has 0 spiro atoms. The molecule has 1 saturated heterocycles. The summed E-state index contributed by atoms with van der Waals surface area (Å²) in [4.78, 5) is 17.3. The third-order valence-electron chi connectivity index (χ3n) is 4.42. The Morgan fingerprint density at radius 2 is 2.03 bits per heavy atom. The predicted molar refractivity (Wildman–Crippen MR) is 113 cm³/mol. The van der Waals surface area contributed by atoms with Crippen molar-refractivity contribution in [2.24, 2.45) is 4.99 Å². The predicted octanol–water partition coefficient (Wildman–Crippen LogP) is 0.645. The molecule has 1 aliphatic heterocycles. The maximum Gasteiger partial charge on any atom is 0.292 e. The first-order valence-electron chi connectivity index (χ1n) is 9.93. The summed E-state index contributed by atoms with van der Waals surface area (Å²) < 4.78 is 5.34. The van der Waals surface area contributed by atoms with Gasteiger partial charge >= 0.3 is 0 Å². The number of morpholine rings is 1. The molecule has 0 amide bonds. The zero-order chi connectivity index (χ0) is 21.1. The van der Waals surface area contributed by atoms with E-state index in [2.05, 4.69) is 25.8 Å². The first-order chi connectivity index (χ1) is 13.9. The van der Waals surface area contributed by atoms with Crippen molar-refractivity contribution in [2.75, 3.05) is 64.3 Å². The highest BCUT2D eigenvalue weighted by Gasteiger charge is 2.25. The largest absolute Gasteiger partial charge is 0.387 e. The Kier molecular flexibility index (Phi) is 9.10. The molecule has 0 saturated carbocycles. The van der Waals surface area contributed by atoms with Crippen molar-refractivity contribution in [3.63, 3.8) is 0 Å². The molecular weight excluding hydrogens is 376 g/mol. The Labute approximate surface area is 171 Å². The van der Waals surface area contributed by atoms with Gasteiger partial charge in [-0.05, 0) is 19.9 Å². The molecule has 4 N–H and O–H groups in total. The van der Waals surface area contributed by atoms with Crippen molar-refractivity contribution in [2.45, 2.75) is 19.4 Å². The maximum atomic E-state index is 11.1. The first-order valence-corrected chi connectivity index (χ1v) is 9.93. The van der Waals surface area contributed by atoms with Crippen molar-refractivity contribution < 1.29 is 14.8 Å². The fourth-order valence-corrected chi connectivity index (χ4v) is 3.04. The summed E-state index contributed by atoms with van der Waals surface area (Å²) in [5.74, 6) is 0.596. The van der Waals surface area contributed by atoms with Crippen LogP contribution in [0.1, 0.15) is 13.8 Å². The maximum absolute atomic E-state index is 11.1.